The quantitative estimate of drug-likeness (QED) is 0.917. The van der Waals surface area contributed by atoms with Crippen molar-refractivity contribution in [2.45, 2.75) is 13.0 Å². The van der Waals surface area contributed by atoms with Gasteiger partial charge in [0.2, 0.25) is 0 Å². The number of methoxy groups -OCH3 is 2. The summed E-state index contributed by atoms with van der Waals surface area (Å²) >= 11 is 0. The van der Waals surface area contributed by atoms with Gasteiger partial charge in [-0.1, -0.05) is 6.07 Å². The molecule has 0 bridgehead atoms. The van der Waals surface area contributed by atoms with E-state index in [0.717, 1.165) is 23.8 Å². The van der Waals surface area contributed by atoms with E-state index in [0.29, 0.717) is 11.5 Å². The molecule has 1 amide bonds. The zero-order valence-corrected chi connectivity index (χ0v) is 13.0. The zero-order valence-electron chi connectivity index (χ0n) is 13.0. The Kier molecular flexibility index (Phi) is 5.16. The van der Waals surface area contributed by atoms with Gasteiger partial charge in [-0.3, -0.25) is 4.79 Å². The maximum atomic E-state index is 13.6. The number of carbonyl (C=O) groups is 1. The Labute approximate surface area is 133 Å². The van der Waals surface area contributed by atoms with Gasteiger partial charge in [-0.25, -0.2) is 8.78 Å². The van der Waals surface area contributed by atoms with E-state index >= 15 is 0 Å². The van der Waals surface area contributed by atoms with Gasteiger partial charge in [0.25, 0.3) is 5.91 Å². The topological polar surface area (TPSA) is 47.6 Å². The van der Waals surface area contributed by atoms with Crippen molar-refractivity contribution in [3.8, 4) is 11.5 Å². The molecule has 4 nitrogen and oxygen atoms in total. The van der Waals surface area contributed by atoms with Crippen LogP contribution >= 0.6 is 0 Å². The fourth-order valence-corrected chi connectivity index (χ4v) is 2.15. The van der Waals surface area contributed by atoms with Gasteiger partial charge < -0.3 is 14.8 Å². The molecule has 0 radical (unpaired) electrons. The van der Waals surface area contributed by atoms with Crippen molar-refractivity contribution in [3.05, 3.63) is 59.2 Å². The van der Waals surface area contributed by atoms with E-state index < -0.39 is 23.6 Å². The molecular formula is C17H17F2NO3. The van der Waals surface area contributed by atoms with E-state index in [1.165, 1.54) is 14.2 Å². The average molecular weight is 321 g/mol. The van der Waals surface area contributed by atoms with Gasteiger partial charge in [-0.05, 0) is 42.8 Å². The Bertz CT molecular complexity index is 719. The molecule has 0 fully saturated rings. The van der Waals surface area contributed by atoms with E-state index in [4.69, 9.17) is 9.47 Å². The number of amides is 1. The SMILES string of the molecule is COc1ccc(C(C)NC(=O)c2cc(F)ccc2F)cc1OC. The molecule has 0 aliphatic carbocycles. The summed E-state index contributed by atoms with van der Waals surface area (Å²) in [7, 11) is 3.03. The van der Waals surface area contributed by atoms with Gasteiger partial charge in [0, 0.05) is 0 Å². The molecule has 0 saturated carbocycles. The first-order valence-electron chi connectivity index (χ1n) is 6.94. The number of benzene rings is 2. The largest absolute Gasteiger partial charge is 0.493 e. The van der Waals surface area contributed by atoms with Crippen LogP contribution in [0.4, 0.5) is 8.78 Å². The molecule has 0 heterocycles. The molecule has 2 rings (SSSR count). The smallest absolute Gasteiger partial charge is 0.254 e. The van der Waals surface area contributed by atoms with Crippen molar-refractivity contribution in [2.24, 2.45) is 0 Å². The lowest BCUT2D eigenvalue weighted by Gasteiger charge is -2.17. The average Bonchev–Trinajstić information content (AvgIpc) is 2.56. The Morgan fingerprint density at radius 2 is 1.74 bits per heavy atom. The Balaban J connectivity index is 2.19. The van der Waals surface area contributed by atoms with Crippen molar-refractivity contribution in [1.82, 2.24) is 5.32 Å². The van der Waals surface area contributed by atoms with Crippen molar-refractivity contribution < 1.29 is 23.0 Å². The number of carbonyl (C=O) groups excluding carboxylic acids is 1. The maximum Gasteiger partial charge on any atom is 0.254 e. The van der Waals surface area contributed by atoms with E-state index in [1.807, 2.05) is 0 Å². The number of rotatable bonds is 5. The van der Waals surface area contributed by atoms with Crippen LogP contribution in [0.25, 0.3) is 0 Å². The molecule has 23 heavy (non-hydrogen) atoms. The first-order valence-corrected chi connectivity index (χ1v) is 6.94. The molecular weight excluding hydrogens is 304 g/mol. The van der Waals surface area contributed by atoms with Gasteiger partial charge in [0.05, 0.1) is 25.8 Å². The second-order valence-electron chi connectivity index (χ2n) is 4.93. The van der Waals surface area contributed by atoms with Crippen LogP contribution in [0.2, 0.25) is 0 Å². The molecule has 0 aliphatic heterocycles. The number of hydrogen-bond donors (Lipinski definition) is 1. The molecule has 1 unspecified atom stereocenters. The van der Waals surface area contributed by atoms with Gasteiger partial charge in [0.15, 0.2) is 11.5 Å². The zero-order chi connectivity index (χ0) is 17.0. The van der Waals surface area contributed by atoms with Gasteiger partial charge in [-0.2, -0.15) is 0 Å². The number of hydrogen-bond acceptors (Lipinski definition) is 3. The summed E-state index contributed by atoms with van der Waals surface area (Å²) in [5, 5.41) is 2.63. The molecule has 1 atom stereocenters. The normalized spacial score (nSPS) is 11.7. The highest BCUT2D eigenvalue weighted by molar-refractivity contribution is 5.94. The fourth-order valence-electron chi connectivity index (χ4n) is 2.15. The van der Waals surface area contributed by atoms with Crippen LogP contribution in [-0.4, -0.2) is 20.1 Å². The molecule has 0 aliphatic rings. The van der Waals surface area contributed by atoms with Crippen molar-refractivity contribution in [1.29, 1.82) is 0 Å². The third-order valence-electron chi connectivity index (χ3n) is 3.43. The van der Waals surface area contributed by atoms with E-state index in [2.05, 4.69) is 5.32 Å². The lowest BCUT2D eigenvalue weighted by Crippen LogP contribution is -2.27. The van der Waals surface area contributed by atoms with Gasteiger partial charge in [-0.15, -0.1) is 0 Å². The molecule has 2 aromatic rings. The highest BCUT2D eigenvalue weighted by Gasteiger charge is 2.17. The molecule has 0 saturated heterocycles. The molecule has 6 heteroatoms. The second-order valence-corrected chi connectivity index (χ2v) is 4.93. The second kappa shape index (κ2) is 7.09. The minimum Gasteiger partial charge on any atom is -0.493 e. The van der Waals surface area contributed by atoms with Gasteiger partial charge in [0.1, 0.15) is 11.6 Å². The number of ether oxygens (including phenoxy) is 2. The summed E-state index contributed by atoms with van der Waals surface area (Å²) in [5.74, 6) is -1.06. The lowest BCUT2D eigenvalue weighted by atomic mass is 10.1. The van der Waals surface area contributed by atoms with Crippen molar-refractivity contribution in [2.75, 3.05) is 14.2 Å². The van der Waals surface area contributed by atoms with Crippen molar-refractivity contribution in [3.63, 3.8) is 0 Å². The highest BCUT2D eigenvalue weighted by atomic mass is 19.1. The summed E-state index contributed by atoms with van der Waals surface area (Å²) in [5.41, 5.74) is 0.408. The molecule has 0 aromatic heterocycles. The van der Waals surface area contributed by atoms with E-state index in [-0.39, 0.29) is 5.56 Å². The summed E-state index contributed by atoms with van der Waals surface area (Å²) in [4.78, 5) is 12.1. The first-order chi connectivity index (χ1) is 11.0. The molecule has 2 aromatic carbocycles. The summed E-state index contributed by atoms with van der Waals surface area (Å²) in [6, 6.07) is 7.51. The minimum atomic E-state index is -0.775. The van der Waals surface area contributed by atoms with Crippen LogP contribution < -0.4 is 14.8 Å². The summed E-state index contributed by atoms with van der Waals surface area (Å²) < 4.78 is 37.2. The van der Waals surface area contributed by atoms with Crippen LogP contribution in [0.5, 0.6) is 11.5 Å². The Morgan fingerprint density at radius 1 is 1.04 bits per heavy atom. The van der Waals surface area contributed by atoms with Crippen LogP contribution in [0.15, 0.2) is 36.4 Å². The lowest BCUT2D eigenvalue weighted by molar-refractivity contribution is 0.0935. The summed E-state index contributed by atoms with van der Waals surface area (Å²) in [6.07, 6.45) is 0. The third kappa shape index (κ3) is 3.77. The number of halogens is 2. The van der Waals surface area contributed by atoms with E-state index in [9.17, 15) is 13.6 Å². The Hall–Kier alpha value is -2.63. The Morgan fingerprint density at radius 3 is 2.39 bits per heavy atom. The summed E-state index contributed by atoms with van der Waals surface area (Å²) in [6.45, 7) is 1.73. The highest BCUT2D eigenvalue weighted by Crippen LogP contribution is 2.30. The van der Waals surface area contributed by atoms with Crippen LogP contribution in [0.1, 0.15) is 28.9 Å². The fraction of sp³-hybridized carbons (Fsp3) is 0.235. The monoisotopic (exact) mass is 321 g/mol. The van der Waals surface area contributed by atoms with Crippen LogP contribution in [0, 0.1) is 11.6 Å². The maximum absolute atomic E-state index is 13.6. The van der Waals surface area contributed by atoms with Crippen LogP contribution in [0.3, 0.4) is 0 Å². The molecule has 0 spiro atoms. The predicted octanol–water partition coefficient (Wildman–Crippen LogP) is 3.47. The first kappa shape index (κ1) is 16.7. The predicted molar refractivity (Wildman–Crippen MR) is 81.8 cm³/mol. The van der Waals surface area contributed by atoms with E-state index in [1.54, 1.807) is 25.1 Å². The standard InChI is InChI=1S/C17H17F2NO3/c1-10(11-4-7-15(22-2)16(8-11)23-3)20-17(21)13-9-12(18)5-6-14(13)19/h4-10H,1-3H3,(H,20,21). The van der Waals surface area contributed by atoms with Gasteiger partial charge >= 0.3 is 0 Å². The van der Waals surface area contributed by atoms with Crippen molar-refractivity contribution >= 4 is 5.91 Å². The van der Waals surface area contributed by atoms with Crippen LogP contribution in [-0.2, 0) is 0 Å². The minimum absolute atomic E-state index is 0.336. The third-order valence-corrected chi connectivity index (χ3v) is 3.43. The number of nitrogens with one attached hydrogen (secondary N) is 1. The molecule has 122 valence electrons. The molecule has 1 N–H and O–H groups in total.